The number of imidazole rings is 1. The smallest absolute Gasteiger partial charge is 0.396 e. The van der Waals surface area contributed by atoms with Crippen molar-refractivity contribution in [2.75, 3.05) is 6.54 Å². The largest absolute Gasteiger partial charge is 0.404 e. The fourth-order valence-electron chi connectivity index (χ4n) is 3.24. The molecule has 0 radical (unpaired) electrons. The molecule has 3 aromatic heterocycles. The Kier molecular flexibility index (Phi) is 4.78. The van der Waals surface area contributed by atoms with Gasteiger partial charge >= 0.3 is 6.18 Å². The van der Waals surface area contributed by atoms with Gasteiger partial charge in [-0.05, 0) is 37.1 Å². The molecule has 0 atom stereocenters. The van der Waals surface area contributed by atoms with Crippen LogP contribution >= 0.6 is 0 Å². The number of nitriles is 1. The van der Waals surface area contributed by atoms with Crippen molar-refractivity contribution >= 4 is 17.4 Å². The molecule has 1 aliphatic carbocycles. The number of hydrogen-bond donors (Lipinski definition) is 1. The van der Waals surface area contributed by atoms with Gasteiger partial charge in [0.1, 0.15) is 17.4 Å². The Morgan fingerprint density at radius 3 is 2.77 bits per heavy atom. The van der Waals surface area contributed by atoms with E-state index in [9.17, 15) is 18.4 Å². The second kappa shape index (κ2) is 7.30. The molecule has 0 amide bonds. The predicted octanol–water partition coefficient (Wildman–Crippen LogP) is 3.98. The van der Waals surface area contributed by atoms with Crippen molar-refractivity contribution in [2.45, 2.75) is 19.0 Å². The first-order valence-corrected chi connectivity index (χ1v) is 9.20. The highest BCUT2D eigenvalue weighted by Gasteiger charge is 2.62. The molecule has 0 aromatic carbocycles. The first-order chi connectivity index (χ1) is 14.4. The van der Waals surface area contributed by atoms with Crippen LogP contribution in [0, 0.1) is 16.7 Å². The molecule has 4 rings (SSSR count). The Hall–Kier alpha value is -3.67. The molecular formula is C21H17F3N6. The van der Waals surface area contributed by atoms with Crippen LogP contribution in [0.4, 0.5) is 13.2 Å². The lowest BCUT2D eigenvalue weighted by Gasteiger charge is -2.16. The van der Waals surface area contributed by atoms with Crippen LogP contribution in [0.2, 0.25) is 0 Å². The van der Waals surface area contributed by atoms with Crippen molar-refractivity contribution in [3.8, 4) is 17.3 Å². The van der Waals surface area contributed by atoms with Gasteiger partial charge in [-0.1, -0.05) is 0 Å². The van der Waals surface area contributed by atoms with Gasteiger partial charge < -0.3 is 10.1 Å². The van der Waals surface area contributed by atoms with E-state index in [0.29, 0.717) is 28.0 Å². The van der Waals surface area contributed by atoms with E-state index >= 15 is 0 Å². The Labute approximate surface area is 170 Å². The molecule has 0 bridgehead atoms. The number of aliphatic imine (C=N–C) groups is 1. The highest BCUT2D eigenvalue weighted by atomic mass is 19.4. The summed E-state index contributed by atoms with van der Waals surface area (Å²) in [7, 11) is 0. The van der Waals surface area contributed by atoms with Gasteiger partial charge in [0.05, 0.1) is 17.7 Å². The second-order valence-electron chi connectivity index (χ2n) is 7.18. The molecule has 0 aliphatic heterocycles. The van der Waals surface area contributed by atoms with E-state index in [4.69, 9.17) is 5.73 Å². The van der Waals surface area contributed by atoms with E-state index in [1.165, 1.54) is 18.5 Å². The molecule has 30 heavy (non-hydrogen) atoms. The summed E-state index contributed by atoms with van der Waals surface area (Å²) in [5.41, 5.74) is 7.09. The summed E-state index contributed by atoms with van der Waals surface area (Å²) in [5.74, 6) is 0. The number of allylic oxidation sites excluding steroid dienone is 1. The number of pyridine rings is 2. The van der Waals surface area contributed by atoms with Gasteiger partial charge in [0.25, 0.3) is 0 Å². The minimum Gasteiger partial charge on any atom is -0.404 e. The van der Waals surface area contributed by atoms with Crippen LogP contribution in [0.1, 0.15) is 24.1 Å². The van der Waals surface area contributed by atoms with Crippen molar-refractivity contribution in [1.82, 2.24) is 14.4 Å². The standard InChI is InChI=1S/C21H17F3N6/c22-21(23,24)20(4-5-20)13-27-12-15(10-25)17-2-1-16(11-26)29-19(17)14-3-7-30-8-6-28-18(30)9-14/h1-3,6-10,12H,4-5,13,25H2. The lowest BCUT2D eigenvalue weighted by molar-refractivity contribution is -0.183. The van der Waals surface area contributed by atoms with Crippen LogP contribution in [0.15, 0.2) is 54.0 Å². The van der Waals surface area contributed by atoms with Gasteiger partial charge in [0.15, 0.2) is 0 Å². The number of alkyl halides is 3. The van der Waals surface area contributed by atoms with E-state index in [2.05, 4.69) is 15.0 Å². The molecule has 0 spiro atoms. The Bertz CT molecular complexity index is 1200. The average molecular weight is 410 g/mol. The second-order valence-corrected chi connectivity index (χ2v) is 7.18. The topological polar surface area (TPSA) is 92.4 Å². The Morgan fingerprint density at radius 1 is 1.30 bits per heavy atom. The quantitative estimate of drug-likeness (QED) is 0.644. The number of hydrogen-bond acceptors (Lipinski definition) is 5. The van der Waals surface area contributed by atoms with E-state index in [-0.39, 0.29) is 25.1 Å². The van der Waals surface area contributed by atoms with Gasteiger partial charge in [-0.25, -0.2) is 9.97 Å². The zero-order valence-corrected chi connectivity index (χ0v) is 15.8. The summed E-state index contributed by atoms with van der Waals surface area (Å²) in [6, 6.07) is 8.82. The number of halogens is 3. The highest BCUT2D eigenvalue weighted by molar-refractivity contribution is 6.11. The molecule has 0 saturated heterocycles. The third kappa shape index (κ3) is 3.52. The maximum atomic E-state index is 13.1. The first kappa shape index (κ1) is 19.6. The maximum Gasteiger partial charge on any atom is 0.396 e. The zero-order chi connectivity index (χ0) is 21.4. The molecular weight excluding hydrogens is 393 g/mol. The van der Waals surface area contributed by atoms with E-state index in [1.54, 1.807) is 24.5 Å². The number of aromatic nitrogens is 3. The zero-order valence-electron chi connectivity index (χ0n) is 15.8. The molecule has 0 unspecified atom stereocenters. The monoisotopic (exact) mass is 410 g/mol. The Balaban J connectivity index is 1.70. The lowest BCUT2D eigenvalue weighted by Crippen LogP contribution is -2.27. The van der Waals surface area contributed by atoms with Crippen LogP contribution in [-0.2, 0) is 0 Å². The van der Waals surface area contributed by atoms with Gasteiger partial charge in [-0.15, -0.1) is 0 Å². The fraction of sp³-hybridized carbons (Fsp3) is 0.238. The molecule has 3 aromatic rings. The van der Waals surface area contributed by atoms with Crippen LogP contribution in [0.3, 0.4) is 0 Å². The van der Waals surface area contributed by atoms with Gasteiger partial charge in [-0.3, -0.25) is 4.99 Å². The van der Waals surface area contributed by atoms with Crippen LogP contribution < -0.4 is 5.73 Å². The normalized spacial score (nSPS) is 16.1. The first-order valence-electron chi connectivity index (χ1n) is 9.20. The molecule has 1 aliphatic rings. The molecule has 152 valence electrons. The van der Waals surface area contributed by atoms with Crippen LogP contribution in [0.25, 0.3) is 22.5 Å². The molecule has 6 nitrogen and oxygen atoms in total. The number of nitrogens with two attached hydrogens (primary N) is 1. The summed E-state index contributed by atoms with van der Waals surface area (Å²) < 4.78 is 41.2. The highest BCUT2D eigenvalue weighted by Crippen LogP contribution is 2.57. The van der Waals surface area contributed by atoms with Crippen LogP contribution in [-0.4, -0.2) is 33.3 Å². The fourth-order valence-corrected chi connectivity index (χ4v) is 3.24. The van der Waals surface area contributed by atoms with Crippen molar-refractivity contribution < 1.29 is 13.2 Å². The van der Waals surface area contributed by atoms with E-state index < -0.39 is 11.6 Å². The predicted molar refractivity (Wildman–Crippen MR) is 106 cm³/mol. The van der Waals surface area contributed by atoms with Gasteiger partial charge in [0.2, 0.25) is 0 Å². The van der Waals surface area contributed by atoms with Gasteiger partial charge in [-0.2, -0.15) is 18.4 Å². The van der Waals surface area contributed by atoms with Gasteiger partial charge in [0, 0.05) is 47.7 Å². The Morgan fingerprint density at radius 2 is 2.10 bits per heavy atom. The van der Waals surface area contributed by atoms with Crippen molar-refractivity contribution in [2.24, 2.45) is 16.1 Å². The number of rotatable bonds is 5. The average Bonchev–Trinajstić information content (AvgIpc) is 3.40. The molecule has 1 fully saturated rings. The third-order valence-electron chi connectivity index (χ3n) is 5.25. The molecule has 2 N–H and O–H groups in total. The van der Waals surface area contributed by atoms with Crippen molar-refractivity contribution in [1.29, 1.82) is 5.26 Å². The summed E-state index contributed by atoms with van der Waals surface area (Å²) in [6.45, 7) is -0.340. The van der Waals surface area contributed by atoms with E-state index in [0.717, 1.165) is 0 Å². The molecule has 9 heteroatoms. The van der Waals surface area contributed by atoms with Crippen molar-refractivity contribution in [3.05, 3.63) is 60.3 Å². The third-order valence-corrected chi connectivity index (χ3v) is 5.25. The SMILES string of the molecule is N#Cc1ccc(C(C=NCC2(C(F)(F)F)CC2)=CN)c(-c2ccn3ccnc3c2)n1. The summed E-state index contributed by atoms with van der Waals surface area (Å²) >= 11 is 0. The lowest BCUT2D eigenvalue weighted by atomic mass is 10.00. The van der Waals surface area contributed by atoms with Crippen molar-refractivity contribution in [3.63, 3.8) is 0 Å². The maximum absolute atomic E-state index is 13.1. The van der Waals surface area contributed by atoms with Crippen LogP contribution in [0.5, 0.6) is 0 Å². The molecule has 3 heterocycles. The number of fused-ring (bicyclic) bond motifs is 1. The number of nitrogens with zero attached hydrogens (tertiary/aromatic N) is 5. The summed E-state index contributed by atoms with van der Waals surface area (Å²) in [6.07, 6.45) is 3.79. The van der Waals surface area contributed by atoms with E-state index in [1.807, 2.05) is 22.7 Å². The molecule has 1 saturated carbocycles. The minimum absolute atomic E-state index is 0.0868. The summed E-state index contributed by atoms with van der Waals surface area (Å²) in [5, 5.41) is 9.25. The summed E-state index contributed by atoms with van der Waals surface area (Å²) in [4.78, 5) is 12.7. The minimum atomic E-state index is -4.27.